The van der Waals surface area contributed by atoms with Gasteiger partial charge < -0.3 is 9.80 Å². The van der Waals surface area contributed by atoms with Gasteiger partial charge in [-0.15, -0.1) is 0 Å². The number of likely N-dealkylation sites (tertiary alicyclic amines) is 1. The summed E-state index contributed by atoms with van der Waals surface area (Å²) in [5.41, 5.74) is 3.50. The van der Waals surface area contributed by atoms with Gasteiger partial charge in [0.2, 0.25) is 5.91 Å². The number of hydrogen-bond donors (Lipinski definition) is 0. The predicted octanol–water partition coefficient (Wildman–Crippen LogP) is 2.57. The minimum Gasteiger partial charge on any atom is -0.348 e. The fourth-order valence-electron chi connectivity index (χ4n) is 4.97. The Morgan fingerprint density at radius 2 is 1.93 bits per heavy atom. The maximum atomic E-state index is 12.7. The summed E-state index contributed by atoms with van der Waals surface area (Å²) in [6.45, 7) is 3.61. The molecule has 27 heavy (non-hydrogen) atoms. The number of nitrogens with zero attached hydrogens (tertiary/aromatic N) is 4. The second kappa shape index (κ2) is 7.47. The molecule has 0 N–H and O–H groups in total. The van der Waals surface area contributed by atoms with Crippen LogP contribution in [0.1, 0.15) is 30.4 Å². The van der Waals surface area contributed by atoms with Crippen LogP contribution in [0.2, 0.25) is 0 Å². The number of carbonyl (C=O) groups excluding carboxylic acids is 1. The molecule has 1 saturated heterocycles. The summed E-state index contributed by atoms with van der Waals surface area (Å²) in [4.78, 5) is 16.9. The first kappa shape index (κ1) is 18.2. The Hall–Kier alpha value is -2.14. The highest BCUT2D eigenvalue weighted by atomic mass is 16.2. The number of carbonyl (C=O) groups is 1. The summed E-state index contributed by atoms with van der Waals surface area (Å²) >= 11 is 0. The summed E-state index contributed by atoms with van der Waals surface area (Å²) in [5, 5.41) is 4.30. The second-order valence-corrected chi connectivity index (χ2v) is 8.40. The number of amides is 1. The van der Waals surface area contributed by atoms with Crippen molar-refractivity contribution in [1.82, 2.24) is 19.6 Å². The molecular weight excluding hydrogens is 336 g/mol. The van der Waals surface area contributed by atoms with Gasteiger partial charge in [0.25, 0.3) is 0 Å². The second-order valence-electron chi connectivity index (χ2n) is 8.40. The van der Waals surface area contributed by atoms with Crippen molar-refractivity contribution in [3.8, 4) is 0 Å². The van der Waals surface area contributed by atoms with E-state index in [4.69, 9.17) is 0 Å². The Kier molecular flexibility index (Phi) is 5.04. The van der Waals surface area contributed by atoms with E-state index < -0.39 is 0 Å². The number of hydrogen-bond acceptors (Lipinski definition) is 3. The first-order valence-electron chi connectivity index (χ1n) is 10.1. The lowest BCUT2D eigenvalue weighted by Gasteiger charge is -2.41. The summed E-state index contributed by atoms with van der Waals surface area (Å²) in [6.07, 6.45) is 8.63. The molecule has 4 rings (SSSR count). The van der Waals surface area contributed by atoms with Crippen molar-refractivity contribution < 1.29 is 4.79 Å². The van der Waals surface area contributed by atoms with Gasteiger partial charge >= 0.3 is 0 Å². The van der Waals surface area contributed by atoms with Gasteiger partial charge in [-0.3, -0.25) is 9.48 Å². The third-order valence-corrected chi connectivity index (χ3v) is 6.51. The quantitative estimate of drug-likeness (QED) is 0.817. The standard InChI is InChI=1S/C22H30N4O/c1-24(2)21(27)19(17-26-13-5-12-23-26)16-25-14-10-22(11-15-25)9-8-18-6-3-4-7-20(18)22/h3-7,12-13,19H,8-11,14-17H2,1-2H3. The van der Waals surface area contributed by atoms with E-state index in [-0.39, 0.29) is 11.8 Å². The van der Waals surface area contributed by atoms with Crippen molar-refractivity contribution in [3.05, 3.63) is 53.9 Å². The first-order valence-corrected chi connectivity index (χ1v) is 10.1. The molecule has 0 bridgehead atoms. The molecule has 1 aliphatic carbocycles. The fourth-order valence-corrected chi connectivity index (χ4v) is 4.97. The van der Waals surface area contributed by atoms with Crippen molar-refractivity contribution >= 4 is 5.91 Å². The van der Waals surface area contributed by atoms with Gasteiger partial charge in [-0.25, -0.2) is 0 Å². The molecule has 0 radical (unpaired) electrons. The topological polar surface area (TPSA) is 41.4 Å². The molecule has 144 valence electrons. The van der Waals surface area contributed by atoms with Crippen molar-refractivity contribution in [1.29, 1.82) is 0 Å². The van der Waals surface area contributed by atoms with Gasteiger partial charge in [-0.1, -0.05) is 24.3 Å². The normalized spacial score (nSPS) is 19.8. The van der Waals surface area contributed by atoms with E-state index in [9.17, 15) is 4.79 Å². The lowest BCUT2D eigenvalue weighted by atomic mass is 9.74. The van der Waals surface area contributed by atoms with Crippen molar-refractivity contribution in [2.75, 3.05) is 33.7 Å². The Morgan fingerprint density at radius 3 is 2.63 bits per heavy atom. The van der Waals surface area contributed by atoms with Gasteiger partial charge in [-0.2, -0.15) is 5.10 Å². The van der Waals surface area contributed by atoms with E-state index >= 15 is 0 Å². The number of aromatic nitrogens is 2. The molecule has 5 heteroatoms. The van der Waals surface area contributed by atoms with Crippen molar-refractivity contribution in [2.24, 2.45) is 5.92 Å². The van der Waals surface area contributed by atoms with Crippen LogP contribution in [0.5, 0.6) is 0 Å². The molecular formula is C22H30N4O. The SMILES string of the molecule is CN(C)C(=O)C(CN1CCC2(CCc3ccccc32)CC1)Cn1cccn1. The van der Waals surface area contributed by atoms with Gasteiger partial charge in [0.05, 0.1) is 12.5 Å². The third kappa shape index (κ3) is 3.65. The zero-order chi connectivity index (χ0) is 18.9. The molecule has 0 saturated carbocycles. The van der Waals surface area contributed by atoms with Crippen LogP contribution in [-0.4, -0.2) is 59.2 Å². The summed E-state index contributed by atoms with van der Waals surface area (Å²) in [5.74, 6) is 0.141. The molecule has 1 fully saturated rings. The maximum absolute atomic E-state index is 12.7. The van der Waals surface area contributed by atoms with Gasteiger partial charge in [0.1, 0.15) is 0 Å². The van der Waals surface area contributed by atoms with Gasteiger partial charge in [-0.05, 0) is 61.4 Å². The van der Waals surface area contributed by atoms with Crippen molar-refractivity contribution in [2.45, 2.75) is 37.6 Å². The lowest BCUT2D eigenvalue weighted by molar-refractivity contribution is -0.134. The maximum Gasteiger partial charge on any atom is 0.228 e. The van der Waals surface area contributed by atoms with E-state index in [1.54, 1.807) is 22.2 Å². The zero-order valence-corrected chi connectivity index (χ0v) is 16.5. The molecule has 1 aliphatic heterocycles. The highest BCUT2D eigenvalue weighted by Gasteiger charge is 2.41. The monoisotopic (exact) mass is 366 g/mol. The average molecular weight is 367 g/mol. The number of piperidine rings is 1. The first-order chi connectivity index (χ1) is 13.1. The smallest absolute Gasteiger partial charge is 0.228 e. The van der Waals surface area contributed by atoms with Crippen LogP contribution in [0.3, 0.4) is 0 Å². The highest BCUT2D eigenvalue weighted by Crippen LogP contribution is 2.46. The van der Waals surface area contributed by atoms with Crippen LogP contribution < -0.4 is 0 Å². The van der Waals surface area contributed by atoms with E-state index in [0.717, 1.165) is 19.6 Å². The average Bonchev–Trinajstić information content (AvgIpc) is 3.31. The van der Waals surface area contributed by atoms with Crippen LogP contribution in [0.15, 0.2) is 42.7 Å². The predicted molar refractivity (Wildman–Crippen MR) is 107 cm³/mol. The summed E-state index contributed by atoms with van der Waals surface area (Å²) in [6, 6.07) is 10.9. The van der Waals surface area contributed by atoms with Gasteiger partial charge in [0.15, 0.2) is 0 Å². The molecule has 1 atom stereocenters. The molecule has 2 heterocycles. The molecule has 2 aliphatic rings. The Labute approximate surface area is 162 Å². The fraction of sp³-hybridized carbons (Fsp3) is 0.545. The summed E-state index contributed by atoms with van der Waals surface area (Å²) < 4.78 is 1.88. The van der Waals surface area contributed by atoms with Crippen molar-refractivity contribution in [3.63, 3.8) is 0 Å². The number of benzene rings is 1. The van der Waals surface area contributed by atoms with Crippen LogP contribution in [0.4, 0.5) is 0 Å². The number of rotatable bonds is 5. The van der Waals surface area contributed by atoms with Crippen LogP contribution in [0.25, 0.3) is 0 Å². The Morgan fingerprint density at radius 1 is 1.15 bits per heavy atom. The van der Waals surface area contributed by atoms with E-state index in [2.05, 4.69) is 34.3 Å². The minimum atomic E-state index is -0.0511. The van der Waals surface area contributed by atoms with Crippen LogP contribution >= 0.6 is 0 Å². The van der Waals surface area contributed by atoms with Crippen LogP contribution in [-0.2, 0) is 23.2 Å². The lowest BCUT2D eigenvalue weighted by Crippen LogP contribution is -2.46. The number of aryl methyl sites for hydroxylation is 1. The zero-order valence-electron chi connectivity index (χ0n) is 16.5. The highest BCUT2D eigenvalue weighted by molar-refractivity contribution is 5.78. The molecule has 1 aromatic carbocycles. The number of fused-ring (bicyclic) bond motifs is 2. The Balaban J connectivity index is 1.42. The van der Waals surface area contributed by atoms with E-state index in [0.29, 0.717) is 12.0 Å². The van der Waals surface area contributed by atoms with Crippen LogP contribution in [0, 0.1) is 5.92 Å². The largest absolute Gasteiger partial charge is 0.348 e. The minimum absolute atomic E-state index is 0.0511. The molecule has 2 aromatic rings. The molecule has 1 aromatic heterocycles. The summed E-state index contributed by atoms with van der Waals surface area (Å²) in [7, 11) is 3.69. The van der Waals surface area contributed by atoms with E-state index in [1.165, 1.54) is 25.7 Å². The van der Waals surface area contributed by atoms with E-state index in [1.807, 2.05) is 31.0 Å². The molecule has 1 unspecified atom stereocenters. The molecule has 5 nitrogen and oxygen atoms in total. The third-order valence-electron chi connectivity index (χ3n) is 6.51. The Bertz CT molecular complexity index is 775. The molecule has 1 amide bonds. The molecule has 1 spiro atoms. The van der Waals surface area contributed by atoms with Gasteiger partial charge in [0, 0.05) is 33.0 Å².